The van der Waals surface area contributed by atoms with Gasteiger partial charge in [-0.2, -0.15) is 5.26 Å². The Morgan fingerprint density at radius 3 is 2.25 bits per heavy atom. The van der Waals surface area contributed by atoms with Crippen LogP contribution in [0.15, 0.2) is 24.3 Å². The zero-order valence-corrected chi connectivity index (χ0v) is 19.7. The molecule has 0 aliphatic heterocycles. The molecule has 1 heterocycles. The summed E-state index contributed by atoms with van der Waals surface area (Å²) >= 11 is 0. The number of halogens is 1. The van der Waals surface area contributed by atoms with Crippen LogP contribution in [0.25, 0.3) is 0 Å². The van der Waals surface area contributed by atoms with Crippen molar-refractivity contribution >= 4 is 17.6 Å². The van der Waals surface area contributed by atoms with Crippen molar-refractivity contribution in [2.75, 3.05) is 25.0 Å². The molecule has 0 unspecified atom stereocenters. The van der Waals surface area contributed by atoms with Crippen molar-refractivity contribution in [1.82, 2.24) is 14.8 Å². The summed E-state index contributed by atoms with van der Waals surface area (Å²) in [6.45, 7) is 12.3. The Bertz CT molecular complexity index is 1010. The third-order valence-electron chi connectivity index (χ3n) is 5.15. The molecule has 0 atom stereocenters. The molecule has 0 radical (unpaired) electrons. The van der Waals surface area contributed by atoms with E-state index in [1.807, 2.05) is 46.1 Å². The smallest absolute Gasteiger partial charge is 0.239 e. The molecule has 32 heavy (non-hydrogen) atoms. The van der Waals surface area contributed by atoms with Gasteiger partial charge < -0.3 is 15.2 Å². The van der Waals surface area contributed by atoms with E-state index in [0.29, 0.717) is 24.5 Å². The van der Waals surface area contributed by atoms with Gasteiger partial charge in [-0.25, -0.2) is 4.39 Å². The van der Waals surface area contributed by atoms with Gasteiger partial charge in [0.05, 0.1) is 18.7 Å². The number of likely N-dealkylation sites (N-methyl/N-ethyl adjacent to an activating group) is 1. The van der Waals surface area contributed by atoms with Crippen molar-refractivity contribution in [2.45, 2.75) is 53.6 Å². The van der Waals surface area contributed by atoms with E-state index in [0.717, 1.165) is 16.8 Å². The highest BCUT2D eigenvalue weighted by molar-refractivity contribution is 5.93. The topological polar surface area (TPSA) is 90.2 Å². The van der Waals surface area contributed by atoms with Crippen LogP contribution >= 0.6 is 0 Å². The van der Waals surface area contributed by atoms with Crippen molar-refractivity contribution in [3.63, 3.8) is 0 Å². The first-order valence-electron chi connectivity index (χ1n) is 10.6. The lowest BCUT2D eigenvalue weighted by Gasteiger charge is -2.24. The lowest BCUT2D eigenvalue weighted by atomic mass is 10.1. The predicted octanol–water partition coefficient (Wildman–Crippen LogP) is 3.34. The van der Waals surface area contributed by atoms with Crippen molar-refractivity contribution in [2.24, 2.45) is 0 Å². The van der Waals surface area contributed by atoms with Crippen LogP contribution in [0.4, 0.5) is 10.2 Å². The fourth-order valence-corrected chi connectivity index (χ4v) is 3.42. The second-order valence-electron chi connectivity index (χ2n) is 8.91. The summed E-state index contributed by atoms with van der Waals surface area (Å²) in [6, 6.07) is 8.29. The van der Waals surface area contributed by atoms with Crippen LogP contribution in [-0.4, -0.2) is 46.5 Å². The molecule has 2 aromatic rings. The molecule has 1 aromatic carbocycles. The summed E-state index contributed by atoms with van der Waals surface area (Å²) in [5.41, 5.74) is 2.52. The Labute approximate surface area is 189 Å². The van der Waals surface area contributed by atoms with Crippen LogP contribution in [0.1, 0.15) is 50.1 Å². The number of nitrogens with one attached hydrogen (secondary N) is 2. The molecule has 2 N–H and O–H groups in total. The van der Waals surface area contributed by atoms with Gasteiger partial charge in [0.25, 0.3) is 0 Å². The summed E-state index contributed by atoms with van der Waals surface area (Å²) in [5, 5.41) is 15.4. The van der Waals surface area contributed by atoms with Gasteiger partial charge in [-0.3, -0.25) is 14.5 Å². The number of nitriles is 1. The number of benzene rings is 1. The molecule has 7 nitrogen and oxygen atoms in total. The van der Waals surface area contributed by atoms with Crippen molar-refractivity contribution in [1.29, 1.82) is 5.26 Å². The number of amides is 2. The number of hydrogen-bond donors (Lipinski definition) is 2. The van der Waals surface area contributed by atoms with Gasteiger partial charge in [0.15, 0.2) is 0 Å². The molecule has 0 aliphatic rings. The monoisotopic (exact) mass is 441 g/mol. The molecule has 2 amide bonds. The van der Waals surface area contributed by atoms with Crippen LogP contribution < -0.4 is 10.6 Å². The minimum Gasteiger partial charge on any atom is -0.350 e. The summed E-state index contributed by atoms with van der Waals surface area (Å²) < 4.78 is 15.1. The van der Waals surface area contributed by atoms with E-state index >= 15 is 0 Å². The molecule has 0 saturated carbocycles. The molecule has 172 valence electrons. The Morgan fingerprint density at radius 2 is 1.72 bits per heavy atom. The van der Waals surface area contributed by atoms with Crippen molar-refractivity contribution in [3.8, 4) is 6.07 Å². The Morgan fingerprint density at radius 1 is 1.12 bits per heavy atom. The van der Waals surface area contributed by atoms with Crippen LogP contribution in [0.2, 0.25) is 0 Å². The summed E-state index contributed by atoms with van der Waals surface area (Å²) in [5.74, 6) is -0.386. The van der Waals surface area contributed by atoms with E-state index in [9.17, 15) is 19.2 Å². The maximum Gasteiger partial charge on any atom is 0.239 e. The van der Waals surface area contributed by atoms with E-state index in [1.54, 1.807) is 17.0 Å². The van der Waals surface area contributed by atoms with Gasteiger partial charge in [0.1, 0.15) is 17.7 Å². The Hall–Kier alpha value is -3.18. The number of carbonyl (C=O) groups excluding carboxylic acids is 2. The third-order valence-corrected chi connectivity index (χ3v) is 5.15. The molecular weight excluding hydrogens is 409 g/mol. The second-order valence-corrected chi connectivity index (χ2v) is 8.91. The molecule has 0 aliphatic carbocycles. The highest BCUT2D eigenvalue weighted by atomic mass is 19.1. The zero-order valence-electron chi connectivity index (χ0n) is 19.7. The van der Waals surface area contributed by atoms with Gasteiger partial charge >= 0.3 is 0 Å². The van der Waals surface area contributed by atoms with Crippen LogP contribution in [0.3, 0.4) is 0 Å². The SMILES string of the molecule is CCN(CC(=O)Nc1c(C#N)c(C)c(C)n1Cc1ccc(F)cc1)CC(=O)NC(C)(C)C. The van der Waals surface area contributed by atoms with Crippen molar-refractivity contribution < 1.29 is 14.0 Å². The lowest BCUT2D eigenvalue weighted by Crippen LogP contribution is -2.47. The summed E-state index contributed by atoms with van der Waals surface area (Å²) in [4.78, 5) is 26.8. The van der Waals surface area contributed by atoms with Crippen molar-refractivity contribution in [3.05, 3.63) is 52.5 Å². The minimum absolute atomic E-state index is 0.0127. The largest absolute Gasteiger partial charge is 0.350 e. The fourth-order valence-electron chi connectivity index (χ4n) is 3.42. The molecule has 0 bridgehead atoms. The van der Waals surface area contributed by atoms with E-state index in [1.165, 1.54) is 12.1 Å². The van der Waals surface area contributed by atoms with Gasteiger partial charge in [-0.15, -0.1) is 0 Å². The Kier molecular flexibility index (Phi) is 8.17. The van der Waals surface area contributed by atoms with E-state index in [4.69, 9.17) is 0 Å². The number of anilines is 1. The van der Waals surface area contributed by atoms with Gasteiger partial charge in [-0.05, 0) is 64.4 Å². The molecule has 2 rings (SSSR count). The maximum atomic E-state index is 13.3. The van der Waals surface area contributed by atoms with E-state index in [-0.39, 0.29) is 36.3 Å². The molecule has 0 fully saturated rings. The van der Waals surface area contributed by atoms with E-state index in [2.05, 4.69) is 16.7 Å². The van der Waals surface area contributed by atoms with E-state index < -0.39 is 0 Å². The maximum absolute atomic E-state index is 13.3. The lowest BCUT2D eigenvalue weighted by molar-refractivity contribution is -0.124. The standard InChI is InChI=1S/C24H32FN5O2/c1-7-29(15-22(32)28-24(4,5)6)14-21(31)27-23-20(12-26)16(2)17(3)30(23)13-18-8-10-19(25)11-9-18/h8-11H,7,13-15H2,1-6H3,(H,27,31)(H,28,32). The number of hydrogen-bond acceptors (Lipinski definition) is 4. The quantitative estimate of drug-likeness (QED) is 0.657. The average molecular weight is 442 g/mol. The predicted molar refractivity (Wildman–Crippen MR) is 123 cm³/mol. The Balaban J connectivity index is 2.20. The second kappa shape index (κ2) is 10.4. The average Bonchev–Trinajstić information content (AvgIpc) is 2.91. The summed E-state index contributed by atoms with van der Waals surface area (Å²) in [7, 11) is 0. The molecule has 0 spiro atoms. The molecule has 8 heteroatoms. The number of aromatic nitrogens is 1. The van der Waals surface area contributed by atoms with Crippen LogP contribution in [0, 0.1) is 31.0 Å². The third kappa shape index (κ3) is 6.66. The first-order valence-corrected chi connectivity index (χ1v) is 10.6. The highest BCUT2D eigenvalue weighted by Gasteiger charge is 2.22. The minimum atomic E-state index is -0.351. The van der Waals surface area contributed by atoms with Gasteiger partial charge in [0, 0.05) is 17.8 Å². The normalized spacial score (nSPS) is 11.3. The van der Waals surface area contributed by atoms with Crippen LogP contribution in [0.5, 0.6) is 0 Å². The zero-order chi connectivity index (χ0) is 24.1. The van der Waals surface area contributed by atoms with Gasteiger partial charge in [0.2, 0.25) is 11.8 Å². The first-order chi connectivity index (χ1) is 14.9. The fraction of sp³-hybridized carbons (Fsp3) is 0.458. The molecular formula is C24H32FN5O2. The number of nitrogens with zero attached hydrogens (tertiary/aromatic N) is 3. The molecule has 1 aromatic heterocycles. The van der Waals surface area contributed by atoms with Gasteiger partial charge in [-0.1, -0.05) is 19.1 Å². The first kappa shape index (κ1) is 25.1. The summed E-state index contributed by atoms with van der Waals surface area (Å²) in [6.07, 6.45) is 0. The number of rotatable bonds is 8. The highest BCUT2D eigenvalue weighted by Crippen LogP contribution is 2.27. The number of carbonyl (C=O) groups is 2. The van der Waals surface area contributed by atoms with Crippen LogP contribution in [-0.2, 0) is 16.1 Å². The molecule has 0 saturated heterocycles.